The van der Waals surface area contributed by atoms with Crippen molar-refractivity contribution in [2.24, 2.45) is 0 Å². The summed E-state index contributed by atoms with van der Waals surface area (Å²) < 4.78 is 19.4. The van der Waals surface area contributed by atoms with Gasteiger partial charge in [-0.15, -0.1) is 0 Å². The quantitative estimate of drug-likeness (QED) is 0.814. The molecule has 1 N–H and O–H groups in total. The lowest BCUT2D eigenvalue weighted by molar-refractivity contribution is -0.141. The third-order valence-electron chi connectivity index (χ3n) is 4.04. The molecule has 0 aliphatic carbocycles. The van der Waals surface area contributed by atoms with E-state index < -0.39 is 6.10 Å². The van der Waals surface area contributed by atoms with Gasteiger partial charge < -0.3 is 15.0 Å². The number of rotatable bonds is 6. The van der Waals surface area contributed by atoms with Crippen LogP contribution in [0.4, 0.5) is 4.39 Å². The Morgan fingerprint density at radius 3 is 2.78 bits per heavy atom. The van der Waals surface area contributed by atoms with Crippen LogP contribution in [0.3, 0.4) is 0 Å². The fourth-order valence-corrected chi connectivity index (χ4v) is 3.32. The van der Waals surface area contributed by atoms with E-state index in [0.29, 0.717) is 10.2 Å². The zero-order valence-electron chi connectivity index (χ0n) is 13.6. The number of hydrogen-bond donors (Lipinski definition) is 1. The van der Waals surface area contributed by atoms with Gasteiger partial charge in [0.1, 0.15) is 11.6 Å². The number of hydrogen-bond acceptors (Lipinski definition) is 3. The van der Waals surface area contributed by atoms with E-state index in [1.165, 1.54) is 18.2 Å². The summed E-state index contributed by atoms with van der Waals surface area (Å²) in [7, 11) is 0. The van der Waals surface area contributed by atoms with E-state index >= 15 is 0 Å². The Labute approximate surface area is 145 Å². The molecule has 2 rings (SSSR count). The Morgan fingerprint density at radius 2 is 2.17 bits per heavy atom. The van der Waals surface area contributed by atoms with Gasteiger partial charge in [0.15, 0.2) is 6.10 Å². The van der Waals surface area contributed by atoms with Crippen LogP contribution in [0.25, 0.3) is 0 Å². The summed E-state index contributed by atoms with van der Waals surface area (Å²) in [4.78, 5) is 14.8. The Balaban J connectivity index is 2.05. The maximum Gasteiger partial charge on any atom is 0.263 e. The third-order valence-corrected chi connectivity index (χ3v) is 4.66. The molecular formula is C17H24BrFN2O2. The van der Waals surface area contributed by atoms with E-state index in [4.69, 9.17) is 4.74 Å². The molecular weight excluding hydrogens is 363 g/mol. The summed E-state index contributed by atoms with van der Waals surface area (Å²) in [5.74, 6) is 0.134. The molecule has 0 spiro atoms. The van der Waals surface area contributed by atoms with Crippen LogP contribution in [-0.4, -0.2) is 42.6 Å². The monoisotopic (exact) mass is 386 g/mol. The minimum Gasteiger partial charge on any atom is -0.480 e. The fourth-order valence-electron chi connectivity index (χ4n) is 2.88. The van der Waals surface area contributed by atoms with Crippen molar-refractivity contribution in [3.05, 3.63) is 28.5 Å². The van der Waals surface area contributed by atoms with Gasteiger partial charge >= 0.3 is 0 Å². The number of nitrogens with zero attached hydrogens (tertiary/aromatic N) is 1. The van der Waals surface area contributed by atoms with Crippen molar-refractivity contribution in [3.8, 4) is 5.75 Å². The summed E-state index contributed by atoms with van der Waals surface area (Å²) >= 11 is 3.27. The number of piperidine rings is 1. The predicted molar refractivity (Wildman–Crippen MR) is 92.1 cm³/mol. The standard InChI is InChI=1S/C17H24BrFN2O2/c1-3-10-21(14-6-8-20-9-7-14)17(22)12(2)23-16-5-4-13(19)11-15(16)18/h4-5,11-12,14,20H,3,6-10H2,1-2H3. The number of amides is 1. The average Bonchev–Trinajstić information content (AvgIpc) is 2.55. The lowest BCUT2D eigenvalue weighted by Crippen LogP contribution is -2.50. The number of benzene rings is 1. The maximum atomic E-state index is 13.1. The molecule has 0 saturated carbocycles. The molecule has 128 valence electrons. The lowest BCUT2D eigenvalue weighted by Gasteiger charge is -2.36. The van der Waals surface area contributed by atoms with Crippen molar-refractivity contribution in [2.45, 2.75) is 45.3 Å². The largest absolute Gasteiger partial charge is 0.480 e. The Bertz CT molecular complexity index is 535. The van der Waals surface area contributed by atoms with Crippen LogP contribution in [0, 0.1) is 5.82 Å². The van der Waals surface area contributed by atoms with Crippen molar-refractivity contribution in [1.82, 2.24) is 10.2 Å². The second kappa shape index (κ2) is 8.64. The zero-order chi connectivity index (χ0) is 16.8. The molecule has 1 atom stereocenters. The van der Waals surface area contributed by atoms with Crippen LogP contribution in [0.15, 0.2) is 22.7 Å². The number of carbonyl (C=O) groups excluding carboxylic acids is 1. The maximum absolute atomic E-state index is 13.1. The van der Waals surface area contributed by atoms with Crippen molar-refractivity contribution < 1.29 is 13.9 Å². The molecule has 1 amide bonds. The molecule has 0 radical (unpaired) electrons. The first-order chi connectivity index (χ1) is 11.0. The van der Waals surface area contributed by atoms with Crippen LogP contribution in [-0.2, 0) is 4.79 Å². The molecule has 0 bridgehead atoms. The van der Waals surface area contributed by atoms with Gasteiger partial charge in [0.05, 0.1) is 4.47 Å². The highest BCUT2D eigenvalue weighted by atomic mass is 79.9. The molecule has 1 aliphatic heterocycles. The molecule has 1 aromatic carbocycles. The number of ether oxygens (including phenoxy) is 1. The highest BCUT2D eigenvalue weighted by Crippen LogP contribution is 2.27. The second-order valence-electron chi connectivity index (χ2n) is 5.85. The van der Waals surface area contributed by atoms with Crippen molar-refractivity contribution in [2.75, 3.05) is 19.6 Å². The molecule has 4 nitrogen and oxygen atoms in total. The molecule has 1 heterocycles. The molecule has 1 unspecified atom stereocenters. The van der Waals surface area contributed by atoms with E-state index in [1.54, 1.807) is 6.92 Å². The van der Waals surface area contributed by atoms with Gasteiger partial charge in [-0.05, 0) is 73.4 Å². The van der Waals surface area contributed by atoms with E-state index in [0.717, 1.165) is 38.9 Å². The van der Waals surface area contributed by atoms with E-state index in [2.05, 4.69) is 28.2 Å². The minimum atomic E-state index is -0.599. The third kappa shape index (κ3) is 4.91. The first-order valence-electron chi connectivity index (χ1n) is 8.15. The highest BCUT2D eigenvalue weighted by molar-refractivity contribution is 9.10. The van der Waals surface area contributed by atoms with Crippen molar-refractivity contribution in [1.29, 1.82) is 0 Å². The van der Waals surface area contributed by atoms with Crippen LogP contribution in [0.1, 0.15) is 33.1 Å². The predicted octanol–water partition coefficient (Wildman–Crippen LogP) is 3.35. The first-order valence-corrected chi connectivity index (χ1v) is 8.95. The Kier molecular flexibility index (Phi) is 6.84. The SMILES string of the molecule is CCCN(C(=O)C(C)Oc1ccc(F)cc1Br)C1CCNCC1. The smallest absolute Gasteiger partial charge is 0.263 e. The van der Waals surface area contributed by atoms with Gasteiger partial charge in [0.2, 0.25) is 0 Å². The summed E-state index contributed by atoms with van der Waals surface area (Å²) in [5, 5.41) is 3.32. The van der Waals surface area contributed by atoms with Crippen LogP contribution in [0.5, 0.6) is 5.75 Å². The van der Waals surface area contributed by atoms with E-state index in [-0.39, 0.29) is 17.8 Å². The molecule has 1 fully saturated rings. The van der Waals surface area contributed by atoms with Gasteiger partial charge in [0.25, 0.3) is 5.91 Å². The molecule has 1 aliphatic rings. The second-order valence-corrected chi connectivity index (χ2v) is 6.70. The number of carbonyl (C=O) groups is 1. The molecule has 23 heavy (non-hydrogen) atoms. The Hall–Kier alpha value is -1.14. The van der Waals surface area contributed by atoms with E-state index in [1.807, 2.05) is 4.90 Å². The lowest BCUT2D eigenvalue weighted by atomic mass is 10.0. The van der Waals surface area contributed by atoms with Gasteiger partial charge in [-0.3, -0.25) is 4.79 Å². The van der Waals surface area contributed by atoms with Gasteiger partial charge in [-0.25, -0.2) is 4.39 Å². The van der Waals surface area contributed by atoms with Crippen LogP contribution >= 0.6 is 15.9 Å². The van der Waals surface area contributed by atoms with Gasteiger partial charge in [0, 0.05) is 12.6 Å². The minimum absolute atomic E-state index is 0.00465. The first kappa shape index (κ1) is 18.2. The normalized spacial score (nSPS) is 16.9. The molecule has 1 saturated heterocycles. The van der Waals surface area contributed by atoms with Gasteiger partial charge in [-0.1, -0.05) is 6.92 Å². The average molecular weight is 387 g/mol. The molecule has 6 heteroatoms. The van der Waals surface area contributed by atoms with Crippen molar-refractivity contribution in [3.63, 3.8) is 0 Å². The van der Waals surface area contributed by atoms with E-state index in [9.17, 15) is 9.18 Å². The van der Waals surface area contributed by atoms with Crippen molar-refractivity contribution >= 4 is 21.8 Å². The topological polar surface area (TPSA) is 41.6 Å². The molecule has 1 aromatic rings. The highest BCUT2D eigenvalue weighted by Gasteiger charge is 2.29. The summed E-state index contributed by atoms with van der Waals surface area (Å²) in [6.45, 7) is 6.45. The Morgan fingerprint density at radius 1 is 1.48 bits per heavy atom. The fraction of sp³-hybridized carbons (Fsp3) is 0.588. The number of nitrogens with one attached hydrogen (secondary N) is 1. The summed E-state index contributed by atoms with van der Waals surface area (Å²) in [5.41, 5.74) is 0. The number of halogens is 2. The molecule has 0 aromatic heterocycles. The van der Waals surface area contributed by atoms with Crippen LogP contribution in [0.2, 0.25) is 0 Å². The zero-order valence-corrected chi connectivity index (χ0v) is 15.2. The summed E-state index contributed by atoms with van der Waals surface area (Å²) in [6, 6.07) is 4.47. The summed E-state index contributed by atoms with van der Waals surface area (Å²) in [6.07, 6.45) is 2.26. The van der Waals surface area contributed by atoms with Gasteiger partial charge in [-0.2, -0.15) is 0 Å². The van der Waals surface area contributed by atoms with Crippen LogP contribution < -0.4 is 10.1 Å².